The number of likely N-dealkylation sites (tertiary alicyclic amines) is 1. The van der Waals surface area contributed by atoms with Gasteiger partial charge < -0.3 is 10.1 Å². The second-order valence-corrected chi connectivity index (χ2v) is 6.79. The number of benzene rings is 1. The number of halogens is 1. The van der Waals surface area contributed by atoms with Crippen LogP contribution in [-0.2, 0) is 19.1 Å². The lowest BCUT2D eigenvalue weighted by Crippen LogP contribution is -2.98. The Morgan fingerprint density at radius 1 is 1.27 bits per heavy atom. The van der Waals surface area contributed by atoms with Gasteiger partial charge in [0, 0.05) is 18.5 Å². The molecule has 3 rings (SSSR count). The van der Waals surface area contributed by atoms with Crippen molar-refractivity contribution in [1.82, 2.24) is 4.90 Å². The smallest absolute Gasteiger partial charge is 0.368 e. The number of fused-ring (bicyclic) bond motifs is 1. The first-order chi connectivity index (χ1) is 12.4. The summed E-state index contributed by atoms with van der Waals surface area (Å²) in [5.74, 6) is -3.04. The molecule has 0 bridgehead atoms. The molecule has 0 saturated carbocycles. The molecule has 0 aliphatic carbocycles. The van der Waals surface area contributed by atoms with E-state index in [9.17, 15) is 18.8 Å². The third-order valence-corrected chi connectivity index (χ3v) is 5.65. The Morgan fingerprint density at radius 2 is 2.00 bits per heavy atom. The van der Waals surface area contributed by atoms with Crippen LogP contribution in [0.4, 0.5) is 4.39 Å². The average molecular weight is 363 g/mol. The van der Waals surface area contributed by atoms with E-state index in [1.165, 1.54) is 17.0 Å². The van der Waals surface area contributed by atoms with Crippen LogP contribution in [0.15, 0.2) is 24.3 Å². The van der Waals surface area contributed by atoms with E-state index in [2.05, 4.69) is 0 Å². The zero-order valence-electron chi connectivity index (χ0n) is 15.2. The van der Waals surface area contributed by atoms with Crippen LogP contribution in [0.2, 0.25) is 0 Å². The largest absolute Gasteiger partial charge is 0.461 e. The topological polar surface area (TPSA) is 80.3 Å². The van der Waals surface area contributed by atoms with Gasteiger partial charge in [0.1, 0.15) is 23.7 Å². The molecule has 2 heterocycles. The van der Waals surface area contributed by atoms with Crippen molar-refractivity contribution in [3.05, 3.63) is 35.6 Å². The summed E-state index contributed by atoms with van der Waals surface area (Å²) >= 11 is 0. The van der Waals surface area contributed by atoms with E-state index in [4.69, 9.17) is 4.74 Å². The molecule has 1 aromatic rings. The van der Waals surface area contributed by atoms with Crippen molar-refractivity contribution in [3.8, 4) is 0 Å². The number of imide groups is 1. The summed E-state index contributed by atoms with van der Waals surface area (Å²) in [4.78, 5) is 39.9. The molecule has 2 aliphatic rings. The summed E-state index contributed by atoms with van der Waals surface area (Å²) in [6, 6.07) is 5.48. The van der Waals surface area contributed by atoms with Gasteiger partial charge in [0.15, 0.2) is 0 Å². The van der Waals surface area contributed by atoms with E-state index in [0.717, 1.165) is 0 Å². The van der Waals surface area contributed by atoms with Gasteiger partial charge in [0.05, 0.1) is 6.61 Å². The van der Waals surface area contributed by atoms with Gasteiger partial charge in [-0.2, -0.15) is 0 Å². The summed E-state index contributed by atoms with van der Waals surface area (Å²) in [5.41, 5.74) is -0.576. The van der Waals surface area contributed by atoms with E-state index >= 15 is 0 Å². The quantitative estimate of drug-likeness (QED) is 0.619. The highest BCUT2D eigenvalue weighted by molar-refractivity contribution is 6.08. The van der Waals surface area contributed by atoms with Gasteiger partial charge in [-0.3, -0.25) is 14.5 Å². The maximum Gasteiger partial charge on any atom is 0.368 e. The molecule has 0 radical (unpaired) electrons. The Kier molecular flexibility index (Phi) is 4.84. The first-order valence-electron chi connectivity index (χ1n) is 9.05. The van der Waals surface area contributed by atoms with Crippen LogP contribution in [0.5, 0.6) is 0 Å². The van der Waals surface area contributed by atoms with Crippen molar-refractivity contribution < 1.29 is 28.8 Å². The van der Waals surface area contributed by atoms with E-state index in [0.29, 0.717) is 12.0 Å². The van der Waals surface area contributed by atoms with Gasteiger partial charge in [-0.15, -0.1) is 0 Å². The summed E-state index contributed by atoms with van der Waals surface area (Å²) in [6.07, 6.45) is 0.343. The van der Waals surface area contributed by atoms with E-state index in [-0.39, 0.29) is 25.0 Å². The average Bonchev–Trinajstić information content (AvgIpc) is 3.10. The van der Waals surface area contributed by atoms with Crippen LogP contribution < -0.4 is 5.32 Å². The van der Waals surface area contributed by atoms with Gasteiger partial charge in [0.2, 0.25) is 17.4 Å². The Bertz CT molecular complexity index is 753. The maximum atomic E-state index is 13.8. The minimum absolute atomic E-state index is 0.191. The van der Waals surface area contributed by atoms with Gasteiger partial charge in [-0.25, -0.2) is 9.18 Å². The molecule has 0 spiro atoms. The zero-order valence-corrected chi connectivity index (χ0v) is 15.2. The summed E-state index contributed by atoms with van der Waals surface area (Å²) in [7, 11) is 0. The maximum absolute atomic E-state index is 13.8. The number of nitrogens with two attached hydrogens (primary N) is 1. The number of carbonyl (C=O) groups is 3. The molecule has 26 heavy (non-hydrogen) atoms. The molecule has 2 saturated heterocycles. The van der Waals surface area contributed by atoms with Crippen LogP contribution in [0.25, 0.3) is 0 Å². The minimum Gasteiger partial charge on any atom is -0.461 e. The Morgan fingerprint density at radius 3 is 2.58 bits per heavy atom. The normalized spacial score (nSPS) is 30.6. The van der Waals surface area contributed by atoms with Gasteiger partial charge in [0.25, 0.3) is 0 Å². The van der Waals surface area contributed by atoms with Crippen molar-refractivity contribution >= 4 is 17.8 Å². The molecular formula is C19H24FN2O4+. The number of hydrogen-bond donors (Lipinski definition) is 1. The number of nitrogens with zero attached hydrogens (tertiary/aromatic N) is 1. The molecule has 4 atom stereocenters. The number of amides is 2. The summed E-state index contributed by atoms with van der Waals surface area (Å²) in [6.45, 7) is 5.69. The van der Waals surface area contributed by atoms with Crippen molar-refractivity contribution in [2.24, 2.45) is 11.8 Å². The number of ether oxygens (including phenoxy) is 1. The fourth-order valence-electron chi connectivity index (χ4n) is 4.45. The fourth-order valence-corrected chi connectivity index (χ4v) is 4.45. The minimum atomic E-state index is -1.17. The van der Waals surface area contributed by atoms with Crippen LogP contribution in [0.1, 0.15) is 38.8 Å². The zero-order chi connectivity index (χ0) is 19.1. The standard InChI is InChI=1S/C19H23FN2O4/c1-4-19(18(25)26-6-3)14-13(16(23)22(5-2)17(14)24)15(21-19)11-8-7-9-12(20)10-11/h7-10,13-15,21H,4-6H2,1-3H3/p+1/t13-,14+,15-,19+/m0/s1. The number of esters is 1. The second-order valence-electron chi connectivity index (χ2n) is 6.79. The van der Waals surface area contributed by atoms with Crippen LogP contribution in [-0.4, -0.2) is 41.4 Å². The number of hydrogen-bond acceptors (Lipinski definition) is 4. The van der Waals surface area contributed by atoms with Gasteiger partial charge >= 0.3 is 5.97 Å². The Balaban J connectivity index is 2.13. The van der Waals surface area contributed by atoms with Crippen LogP contribution >= 0.6 is 0 Å². The molecule has 2 aliphatic heterocycles. The second kappa shape index (κ2) is 6.79. The third-order valence-electron chi connectivity index (χ3n) is 5.65. The first kappa shape index (κ1) is 18.5. The highest BCUT2D eigenvalue weighted by Gasteiger charge is 2.71. The Hall–Kier alpha value is -2.28. The third kappa shape index (κ3) is 2.53. The number of rotatable bonds is 5. The van der Waals surface area contributed by atoms with E-state index in [1.807, 2.05) is 6.92 Å². The summed E-state index contributed by atoms with van der Waals surface area (Å²) in [5, 5.41) is 1.75. The van der Waals surface area contributed by atoms with Gasteiger partial charge in [-0.05, 0) is 26.0 Å². The van der Waals surface area contributed by atoms with Crippen LogP contribution in [0, 0.1) is 17.7 Å². The van der Waals surface area contributed by atoms with Gasteiger partial charge in [-0.1, -0.05) is 19.1 Å². The van der Waals surface area contributed by atoms with Crippen molar-refractivity contribution in [2.75, 3.05) is 13.2 Å². The van der Waals surface area contributed by atoms with Crippen molar-refractivity contribution in [3.63, 3.8) is 0 Å². The van der Waals surface area contributed by atoms with E-state index < -0.39 is 35.2 Å². The van der Waals surface area contributed by atoms with Crippen molar-refractivity contribution in [1.29, 1.82) is 0 Å². The molecule has 140 valence electrons. The number of quaternary nitrogens is 1. The molecule has 2 amide bonds. The highest BCUT2D eigenvalue weighted by atomic mass is 19.1. The van der Waals surface area contributed by atoms with Crippen molar-refractivity contribution in [2.45, 2.75) is 38.8 Å². The van der Waals surface area contributed by atoms with E-state index in [1.54, 1.807) is 31.3 Å². The molecule has 0 aromatic heterocycles. The lowest BCUT2D eigenvalue weighted by atomic mass is 9.78. The molecule has 2 fully saturated rings. The SMILES string of the molecule is CCOC(=O)[C@]1(CC)[NH2+][C@@H](c2cccc(F)c2)[C@H]2C(=O)N(CC)C(=O)[C@@H]21. The first-order valence-corrected chi connectivity index (χ1v) is 9.05. The molecular weight excluding hydrogens is 339 g/mol. The monoisotopic (exact) mass is 363 g/mol. The predicted octanol–water partition coefficient (Wildman–Crippen LogP) is 0.777. The predicted molar refractivity (Wildman–Crippen MR) is 90.1 cm³/mol. The fraction of sp³-hybridized carbons (Fsp3) is 0.526. The summed E-state index contributed by atoms with van der Waals surface area (Å²) < 4.78 is 19.0. The molecule has 1 aromatic carbocycles. The number of carbonyl (C=O) groups excluding carboxylic acids is 3. The molecule has 6 nitrogen and oxygen atoms in total. The molecule has 7 heteroatoms. The van der Waals surface area contributed by atoms with Crippen LogP contribution in [0.3, 0.4) is 0 Å². The lowest BCUT2D eigenvalue weighted by Gasteiger charge is -2.28. The highest BCUT2D eigenvalue weighted by Crippen LogP contribution is 2.45. The molecule has 2 N–H and O–H groups in total. The molecule has 0 unspecified atom stereocenters. The lowest BCUT2D eigenvalue weighted by molar-refractivity contribution is -0.734. The Labute approximate surface area is 151 Å².